The number of hydrogen-bond acceptors (Lipinski definition) is 6. The molecule has 0 spiro atoms. The van der Waals surface area contributed by atoms with Crippen LogP contribution >= 0.6 is 0 Å². The third-order valence-corrected chi connectivity index (χ3v) is 2.63. The molecule has 2 heterocycles. The van der Waals surface area contributed by atoms with Crippen LogP contribution in [0.2, 0.25) is 0 Å². The highest BCUT2D eigenvalue weighted by Crippen LogP contribution is 2.23. The molecule has 0 saturated carbocycles. The number of carboxylic acid groups (broad SMARTS) is 1. The van der Waals surface area contributed by atoms with Crippen LogP contribution in [0.15, 0.2) is 28.9 Å². The fourth-order valence-corrected chi connectivity index (χ4v) is 1.63. The Kier molecular flexibility index (Phi) is 3.65. The molecule has 2 rings (SSSR count). The topological polar surface area (TPSA) is 113 Å². The van der Waals surface area contributed by atoms with E-state index in [1.54, 1.807) is 31.5 Å². The van der Waals surface area contributed by atoms with Crippen molar-refractivity contribution in [3.63, 3.8) is 0 Å². The third kappa shape index (κ3) is 2.65. The molecule has 0 radical (unpaired) electrons. The Hall–Kier alpha value is -2.57. The summed E-state index contributed by atoms with van der Waals surface area (Å²) in [5, 5.41) is 24.0. The van der Waals surface area contributed by atoms with Crippen LogP contribution in [0.5, 0.6) is 0 Å². The second-order valence-electron chi connectivity index (χ2n) is 3.87. The number of nitrogens with one attached hydrogen (secondary N) is 1. The van der Waals surface area contributed by atoms with Crippen molar-refractivity contribution in [1.82, 2.24) is 15.2 Å². The quantitative estimate of drug-likeness (QED) is 0.791. The Bertz CT molecular complexity index is 594. The van der Waals surface area contributed by atoms with Gasteiger partial charge in [0.25, 0.3) is 0 Å². The number of carbonyl (C=O) groups is 1. The maximum Gasteiger partial charge on any atom is 0.350 e. The molecule has 0 aliphatic carbocycles. The smallest absolute Gasteiger partial charge is 0.350 e. The summed E-state index contributed by atoms with van der Waals surface area (Å²) < 4.78 is 5.43. The maximum absolute atomic E-state index is 10.8. The molecule has 98 valence electrons. The molecule has 0 bridgehead atoms. The van der Waals surface area contributed by atoms with Crippen LogP contribution in [0.4, 0.5) is 0 Å². The SMILES string of the molecule is CCC(C(=N)C(=O)O)c1nnc(-c2cccnc2)o1. The van der Waals surface area contributed by atoms with Crippen molar-refractivity contribution in [2.45, 2.75) is 19.3 Å². The molecule has 2 aromatic heterocycles. The van der Waals surface area contributed by atoms with Crippen LogP contribution in [0, 0.1) is 5.41 Å². The molecular weight excluding hydrogens is 248 g/mol. The Morgan fingerprint density at radius 2 is 2.32 bits per heavy atom. The van der Waals surface area contributed by atoms with Gasteiger partial charge in [0.15, 0.2) is 0 Å². The standard InChI is InChI=1S/C12H12N4O3/c1-2-8(9(13)12(17)18)11-16-15-10(19-11)7-4-3-5-14-6-7/h3-6,8,13H,2H2,1H3,(H,17,18). The average molecular weight is 260 g/mol. The molecule has 0 fully saturated rings. The van der Waals surface area contributed by atoms with Gasteiger partial charge in [0.2, 0.25) is 11.8 Å². The van der Waals surface area contributed by atoms with E-state index in [1.165, 1.54) is 0 Å². The van der Waals surface area contributed by atoms with Crippen molar-refractivity contribution in [2.24, 2.45) is 0 Å². The van der Waals surface area contributed by atoms with Crippen LogP contribution in [0.3, 0.4) is 0 Å². The van der Waals surface area contributed by atoms with Gasteiger partial charge < -0.3 is 9.52 Å². The van der Waals surface area contributed by atoms with Crippen LogP contribution in [0.25, 0.3) is 11.5 Å². The predicted molar refractivity (Wildman–Crippen MR) is 65.9 cm³/mol. The summed E-state index contributed by atoms with van der Waals surface area (Å²) in [7, 11) is 0. The molecular formula is C12H12N4O3. The van der Waals surface area contributed by atoms with Crippen LogP contribution in [0.1, 0.15) is 25.2 Å². The highest BCUT2D eigenvalue weighted by atomic mass is 16.4. The minimum Gasteiger partial charge on any atom is -0.477 e. The van der Waals surface area contributed by atoms with E-state index in [0.29, 0.717) is 12.0 Å². The van der Waals surface area contributed by atoms with Crippen molar-refractivity contribution in [2.75, 3.05) is 0 Å². The first kappa shape index (κ1) is 12.9. The summed E-state index contributed by atoms with van der Waals surface area (Å²) in [5.41, 5.74) is 0.196. The molecule has 0 aromatic carbocycles. The molecule has 1 atom stereocenters. The number of aromatic nitrogens is 3. The Morgan fingerprint density at radius 3 is 2.89 bits per heavy atom. The Morgan fingerprint density at radius 1 is 1.53 bits per heavy atom. The first-order valence-electron chi connectivity index (χ1n) is 5.69. The Labute approximate surface area is 108 Å². The van der Waals surface area contributed by atoms with Gasteiger partial charge in [0, 0.05) is 12.4 Å². The fourth-order valence-electron chi connectivity index (χ4n) is 1.63. The van der Waals surface area contributed by atoms with E-state index in [-0.39, 0.29) is 11.8 Å². The van der Waals surface area contributed by atoms with Crippen LogP contribution in [-0.2, 0) is 4.79 Å². The van der Waals surface area contributed by atoms with Crippen molar-refractivity contribution in [3.8, 4) is 11.5 Å². The van der Waals surface area contributed by atoms with E-state index >= 15 is 0 Å². The van der Waals surface area contributed by atoms with Gasteiger partial charge in [0.1, 0.15) is 5.71 Å². The summed E-state index contributed by atoms with van der Waals surface area (Å²) in [6.45, 7) is 1.76. The lowest BCUT2D eigenvalue weighted by Crippen LogP contribution is -2.20. The lowest BCUT2D eigenvalue weighted by Gasteiger charge is -2.07. The van der Waals surface area contributed by atoms with Gasteiger partial charge in [-0.1, -0.05) is 6.92 Å². The fraction of sp³-hybridized carbons (Fsp3) is 0.250. The van der Waals surface area contributed by atoms with Gasteiger partial charge in [-0.05, 0) is 18.6 Å². The van der Waals surface area contributed by atoms with E-state index in [4.69, 9.17) is 14.9 Å². The summed E-state index contributed by atoms with van der Waals surface area (Å²) in [6.07, 6.45) is 3.59. The second-order valence-corrected chi connectivity index (χ2v) is 3.87. The number of carboxylic acids is 1. The number of nitrogens with zero attached hydrogens (tertiary/aromatic N) is 3. The molecule has 19 heavy (non-hydrogen) atoms. The highest BCUT2D eigenvalue weighted by molar-refractivity contribution is 6.36. The number of aliphatic carboxylic acids is 1. The highest BCUT2D eigenvalue weighted by Gasteiger charge is 2.26. The lowest BCUT2D eigenvalue weighted by atomic mass is 10.0. The van der Waals surface area contributed by atoms with E-state index in [2.05, 4.69) is 15.2 Å². The minimum absolute atomic E-state index is 0.133. The minimum atomic E-state index is -1.28. The molecule has 1 unspecified atom stereocenters. The van der Waals surface area contributed by atoms with Crippen LogP contribution < -0.4 is 0 Å². The summed E-state index contributed by atoms with van der Waals surface area (Å²) >= 11 is 0. The average Bonchev–Trinajstić information content (AvgIpc) is 2.90. The Balaban J connectivity index is 2.30. The van der Waals surface area contributed by atoms with Crippen LogP contribution in [-0.4, -0.2) is 32.0 Å². The first-order valence-corrected chi connectivity index (χ1v) is 5.69. The summed E-state index contributed by atoms with van der Waals surface area (Å²) in [4.78, 5) is 14.8. The van der Waals surface area contributed by atoms with E-state index in [0.717, 1.165) is 0 Å². The third-order valence-electron chi connectivity index (χ3n) is 2.63. The molecule has 0 aliphatic heterocycles. The van der Waals surface area contributed by atoms with Crippen molar-refractivity contribution in [3.05, 3.63) is 30.4 Å². The molecule has 0 amide bonds. The van der Waals surface area contributed by atoms with Gasteiger partial charge >= 0.3 is 5.97 Å². The van der Waals surface area contributed by atoms with Gasteiger partial charge in [-0.3, -0.25) is 10.4 Å². The molecule has 0 aliphatic rings. The summed E-state index contributed by atoms with van der Waals surface area (Å²) in [5.74, 6) is -1.59. The largest absolute Gasteiger partial charge is 0.477 e. The first-order chi connectivity index (χ1) is 9.13. The van der Waals surface area contributed by atoms with Gasteiger partial charge in [-0.25, -0.2) is 4.79 Å². The predicted octanol–water partition coefficient (Wildman–Crippen LogP) is 1.73. The van der Waals surface area contributed by atoms with Crippen molar-refractivity contribution < 1.29 is 14.3 Å². The molecule has 7 nitrogen and oxygen atoms in total. The monoisotopic (exact) mass is 260 g/mol. The number of rotatable bonds is 5. The second kappa shape index (κ2) is 5.38. The number of pyridine rings is 1. The molecule has 7 heteroatoms. The normalized spacial score (nSPS) is 12.1. The number of hydrogen-bond donors (Lipinski definition) is 2. The van der Waals surface area contributed by atoms with Crippen molar-refractivity contribution in [1.29, 1.82) is 5.41 Å². The zero-order valence-corrected chi connectivity index (χ0v) is 10.2. The van der Waals surface area contributed by atoms with Gasteiger partial charge in [-0.15, -0.1) is 10.2 Å². The van der Waals surface area contributed by atoms with Gasteiger partial charge in [0.05, 0.1) is 11.5 Å². The van der Waals surface area contributed by atoms with E-state index < -0.39 is 17.6 Å². The molecule has 0 saturated heterocycles. The molecule has 2 aromatic rings. The zero-order chi connectivity index (χ0) is 13.8. The van der Waals surface area contributed by atoms with Gasteiger partial charge in [-0.2, -0.15) is 0 Å². The van der Waals surface area contributed by atoms with E-state index in [1.807, 2.05) is 0 Å². The molecule has 2 N–H and O–H groups in total. The summed E-state index contributed by atoms with van der Waals surface area (Å²) in [6, 6.07) is 3.49. The lowest BCUT2D eigenvalue weighted by molar-refractivity contribution is -0.129. The maximum atomic E-state index is 10.8. The zero-order valence-electron chi connectivity index (χ0n) is 10.2. The van der Waals surface area contributed by atoms with Crippen molar-refractivity contribution >= 4 is 11.7 Å². The van der Waals surface area contributed by atoms with E-state index in [9.17, 15) is 4.79 Å².